The Morgan fingerprint density at radius 3 is 2.67 bits per heavy atom. The molecule has 0 aliphatic rings. The molecule has 0 aliphatic carbocycles. The molecule has 0 aromatic carbocycles. The molecule has 1 aromatic rings. The van der Waals surface area contributed by atoms with Crippen LogP contribution in [0, 0.1) is 5.95 Å². The van der Waals surface area contributed by atoms with E-state index in [0.29, 0.717) is 5.82 Å². The number of anilines is 1. The molecule has 0 aliphatic heterocycles. The molecule has 0 radical (unpaired) electrons. The number of sulfone groups is 1. The van der Waals surface area contributed by atoms with E-state index < -0.39 is 15.8 Å². The monoisotopic (exact) mass is 233 g/mol. The van der Waals surface area contributed by atoms with Gasteiger partial charge in [0.05, 0.1) is 5.75 Å². The van der Waals surface area contributed by atoms with E-state index in [2.05, 4.69) is 9.97 Å². The zero-order chi connectivity index (χ0) is 11.5. The zero-order valence-corrected chi connectivity index (χ0v) is 9.33. The Labute approximate surface area is 87.9 Å². The Kier molecular flexibility index (Phi) is 3.57. The Bertz CT molecular complexity index is 435. The Morgan fingerprint density at radius 1 is 1.47 bits per heavy atom. The highest BCUT2D eigenvalue weighted by molar-refractivity contribution is 7.90. The molecule has 0 amide bonds. The molecule has 0 bridgehead atoms. The molecule has 0 saturated carbocycles. The second-order valence-corrected chi connectivity index (χ2v) is 5.51. The van der Waals surface area contributed by atoms with Gasteiger partial charge >= 0.3 is 0 Å². The highest BCUT2D eigenvalue weighted by atomic mass is 32.2. The van der Waals surface area contributed by atoms with Gasteiger partial charge in [0.25, 0.3) is 0 Å². The average Bonchev–Trinajstić information content (AvgIpc) is 2.13. The van der Waals surface area contributed by atoms with Gasteiger partial charge in [0.15, 0.2) is 0 Å². The fraction of sp³-hybridized carbons (Fsp3) is 0.500. The van der Waals surface area contributed by atoms with E-state index >= 15 is 0 Å². The van der Waals surface area contributed by atoms with Crippen LogP contribution in [0.2, 0.25) is 0 Å². The highest BCUT2D eigenvalue weighted by Crippen LogP contribution is 2.07. The molecular formula is C8H12FN3O2S. The molecule has 5 nitrogen and oxygen atoms in total. The minimum absolute atomic E-state index is 0.00905. The minimum atomic E-state index is -3.02. The van der Waals surface area contributed by atoms with Crippen LogP contribution in [0.4, 0.5) is 10.2 Å². The van der Waals surface area contributed by atoms with Gasteiger partial charge < -0.3 is 4.90 Å². The smallest absolute Gasteiger partial charge is 0.218 e. The zero-order valence-electron chi connectivity index (χ0n) is 8.51. The predicted octanol–water partition coefficient (Wildman–Crippen LogP) is 0.0965. The summed E-state index contributed by atoms with van der Waals surface area (Å²) < 4.78 is 34.5. The van der Waals surface area contributed by atoms with Crippen molar-refractivity contribution in [1.82, 2.24) is 9.97 Å². The molecule has 0 atom stereocenters. The molecular weight excluding hydrogens is 221 g/mol. The van der Waals surface area contributed by atoms with Crippen LogP contribution in [0.25, 0.3) is 0 Å². The quantitative estimate of drug-likeness (QED) is 0.690. The lowest BCUT2D eigenvalue weighted by Gasteiger charge is -2.16. The van der Waals surface area contributed by atoms with Crippen LogP contribution in [0.3, 0.4) is 0 Å². The molecule has 0 spiro atoms. The summed E-state index contributed by atoms with van der Waals surface area (Å²) in [6.45, 7) is 0.273. The van der Waals surface area contributed by atoms with Crippen molar-refractivity contribution < 1.29 is 12.8 Å². The first kappa shape index (κ1) is 11.8. The Balaban J connectivity index is 2.65. The van der Waals surface area contributed by atoms with Crippen molar-refractivity contribution >= 4 is 15.7 Å². The summed E-state index contributed by atoms with van der Waals surface area (Å²) in [5, 5.41) is 0. The number of rotatable bonds is 4. The van der Waals surface area contributed by atoms with E-state index in [1.807, 2.05) is 0 Å². The lowest BCUT2D eigenvalue weighted by molar-refractivity contribution is 0.578. The third-order valence-corrected chi connectivity index (χ3v) is 2.73. The second-order valence-electron chi connectivity index (χ2n) is 3.25. The van der Waals surface area contributed by atoms with Crippen LogP contribution in [-0.2, 0) is 9.84 Å². The van der Waals surface area contributed by atoms with E-state index in [1.54, 1.807) is 11.9 Å². The van der Waals surface area contributed by atoms with Crippen molar-refractivity contribution in [3.05, 3.63) is 18.3 Å². The summed E-state index contributed by atoms with van der Waals surface area (Å²) in [6, 6.07) is 1.16. The maximum absolute atomic E-state index is 12.7. The number of nitrogens with zero attached hydrogens (tertiary/aromatic N) is 3. The molecule has 1 heterocycles. The summed E-state index contributed by atoms with van der Waals surface area (Å²) in [5.74, 6) is -0.257. The van der Waals surface area contributed by atoms with E-state index in [-0.39, 0.29) is 12.3 Å². The van der Waals surface area contributed by atoms with Crippen molar-refractivity contribution in [2.24, 2.45) is 0 Å². The Morgan fingerprint density at radius 2 is 2.13 bits per heavy atom. The van der Waals surface area contributed by atoms with Crippen molar-refractivity contribution in [3.8, 4) is 0 Å². The van der Waals surface area contributed by atoms with Gasteiger partial charge in [-0.3, -0.25) is 0 Å². The van der Waals surface area contributed by atoms with Crippen LogP contribution in [-0.4, -0.2) is 44.0 Å². The third-order valence-electron chi connectivity index (χ3n) is 1.81. The van der Waals surface area contributed by atoms with Gasteiger partial charge in [-0.05, 0) is 0 Å². The normalized spacial score (nSPS) is 11.4. The van der Waals surface area contributed by atoms with E-state index in [1.165, 1.54) is 0 Å². The van der Waals surface area contributed by atoms with Gasteiger partial charge in [-0.1, -0.05) is 0 Å². The molecule has 7 heteroatoms. The standard InChI is InChI=1S/C8H12FN3O2S/c1-12(3-4-15(2,13)14)8-5-7(9)10-6-11-8/h5-6H,3-4H2,1-2H3. The first-order valence-electron chi connectivity index (χ1n) is 4.25. The van der Waals surface area contributed by atoms with Crippen molar-refractivity contribution in [1.29, 1.82) is 0 Å². The summed E-state index contributed by atoms with van der Waals surface area (Å²) in [4.78, 5) is 8.69. The fourth-order valence-electron chi connectivity index (χ4n) is 0.950. The third kappa shape index (κ3) is 4.20. The summed E-state index contributed by atoms with van der Waals surface area (Å²) in [6.07, 6.45) is 2.25. The molecule has 0 unspecified atom stereocenters. The van der Waals surface area contributed by atoms with E-state index in [4.69, 9.17) is 0 Å². The Hall–Kier alpha value is -1.24. The van der Waals surface area contributed by atoms with Crippen LogP contribution in [0.5, 0.6) is 0 Å². The summed E-state index contributed by atoms with van der Waals surface area (Å²) >= 11 is 0. The van der Waals surface area contributed by atoms with Gasteiger partial charge in [0, 0.05) is 25.9 Å². The molecule has 0 N–H and O–H groups in total. The molecule has 1 aromatic heterocycles. The van der Waals surface area contributed by atoms with Crippen LogP contribution in [0.1, 0.15) is 0 Å². The highest BCUT2D eigenvalue weighted by Gasteiger charge is 2.08. The van der Waals surface area contributed by atoms with Crippen molar-refractivity contribution in [2.45, 2.75) is 0 Å². The van der Waals surface area contributed by atoms with E-state index in [9.17, 15) is 12.8 Å². The average molecular weight is 233 g/mol. The molecule has 1 rings (SSSR count). The topological polar surface area (TPSA) is 63.2 Å². The van der Waals surface area contributed by atoms with Gasteiger partial charge in [0.1, 0.15) is 22.0 Å². The number of aromatic nitrogens is 2. The molecule has 15 heavy (non-hydrogen) atoms. The van der Waals surface area contributed by atoms with E-state index in [0.717, 1.165) is 18.6 Å². The molecule has 0 saturated heterocycles. The first-order chi connectivity index (χ1) is 6.88. The SMILES string of the molecule is CN(CCS(C)(=O)=O)c1cc(F)ncn1. The number of hydrogen-bond donors (Lipinski definition) is 0. The maximum Gasteiger partial charge on any atom is 0.218 e. The van der Waals surface area contributed by atoms with Gasteiger partial charge in [0.2, 0.25) is 5.95 Å². The van der Waals surface area contributed by atoms with Gasteiger partial charge in [-0.2, -0.15) is 4.39 Å². The molecule has 0 fully saturated rings. The number of halogens is 1. The van der Waals surface area contributed by atoms with Crippen molar-refractivity contribution in [3.63, 3.8) is 0 Å². The van der Waals surface area contributed by atoms with Crippen LogP contribution in [0.15, 0.2) is 12.4 Å². The summed E-state index contributed by atoms with van der Waals surface area (Å²) in [5.41, 5.74) is 0. The number of hydrogen-bond acceptors (Lipinski definition) is 5. The predicted molar refractivity (Wildman–Crippen MR) is 55.0 cm³/mol. The molecule has 84 valence electrons. The summed E-state index contributed by atoms with van der Waals surface area (Å²) in [7, 11) is -1.37. The largest absolute Gasteiger partial charge is 0.358 e. The lowest BCUT2D eigenvalue weighted by atomic mass is 10.5. The fourth-order valence-corrected chi connectivity index (χ4v) is 1.56. The van der Waals surface area contributed by atoms with Gasteiger partial charge in [-0.15, -0.1) is 0 Å². The maximum atomic E-state index is 12.7. The second kappa shape index (κ2) is 4.52. The van der Waals surface area contributed by atoms with Crippen LogP contribution >= 0.6 is 0 Å². The van der Waals surface area contributed by atoms with Crippen molar-refractivity contribution in [2.75, 3.05) is 30.5 Å². The van der Waals surface area contributed by atoms with Gasteiger partial charge in [-0.25, -0.2) is 18.4 Å². The lowest BCUT2D eigenvalue weighted by Crippen LogP contribution is -2.25. The first-order valence-corrected chi connectivity index (χ1v) is 6.31. The minimum Gasteiger partial charge on any atom is -0.358 e. The van der Waals surface area contributed by atoms with Crippen LogP contribution < -0.4 is 4.90 Å².